The normalized spacial score (nSPS) is 11.2. The predicted octanol–water partition coefficient (Wildman–Crippen LogP) is 3.82. The van der Waals surface area contributed by atoms with Gasteiger partial charge in [-0.2, -0.15) is 0 Å². The maximum absolute atomic E-state index is 12.4. The van der Waals surface area contributed by atoms with Crippen LogP contribution in [0.1, 0.15) is 31.3 Å². The molecule has 18 heavy (non-hydrogen) atoms. The van der Waals surface area contributed by atoms with Crippen LogP contribution < -0.4 is 0 Å². The Balaban J connectivity index is 3.17. The average Bonchev–Trinajstić information content (AvgIpc) is 2.27. The van der Waals surface area contributed by atoms with E-state index in [0.717, 1.165) is 0 Å². The molecular formula is C13H16Cl2N2O. The highest BCUT2D eigenvalue weighted by atomic mass is 35.5. The third-order valence-electron chi connectivity index (χ3n) is 2.38. The SMILES string of the molecule is C=CCN(C(=O)c1nc(Cl)ccc1Cl)C(C)(C)C. The zero-order chi connectivity index (χ0) is 13.9. The highest BCUT2D eigenvalue weighted by Crippen LogP contribution is 2.22. The van der Waals surface area contributed by atoms with Gasteiger partial charge in [0.1, 0.15) is 10.8 Å². The largest absolute Gasteiger partial charge is 0.329 e. The predicted molar refractivity (Wildman–Crippen MR) is 75.2 cm³/mol. The van der Waals surface area contributed by atoms with Crippen molar-refractivity contribution < 1.29 is 4.79 Å². The molecule has 0 saturated carbocycles. The summed E-state index contributed by atoms with van der Waals surface area (Å²) in [5, 5.41) is 0.540. The van der Waals surface area contributed by atoms with Crippen LogP contribution in [0.3, 0.4) is 0 Å². The van der Waals surface area contributed by atoms with E-state index in [1.165, 1.54) is 0 Å². The van der Waals surface area contributed by atoms with Crippen LogP contribution in [-0.2, 0) is 0 Å². The van der Waals surface area contributed by atoms with Crippen LogP contribution in [0.25, 0.3) is 0 Å². The summed E-state index contributed by atoms with van der Waals surface area (Å²) in [5.74, 6) is -0.255. The number of carbonyl (C=O) groups excluding carboxylic acids is 1. The average molecular weight is 287 g/mol. The van der Waals surface area contributed by atoms with Gasteiger partial charge in [-0.25, -0.2) is 4.98 Å². The molecule has 1 aromatic rings. The van der Waals surface area contributed by atoms with Crippen molar-refractivity contribution in [3.63, 3.8) is 0 Å². The first-order chi connectivity index (χ1) is 8.27. The van der Waals surface area contributed by atoms with Gasteiger partial charge in [-0.3, -0.25) is 4.79 Å². The fourth-order valence-corrected chi connectivity index (χ4v) is 1.82. The van der Waals surface area contributed by atoms with E-state index in [-0.39, 0.29) is 22.3 Å². The number of amides is 1. The number of halogens is 2. The van der Waals surface area contributed by atoms with Crippen molar-refractivity contribution in [1.29, 1.82) is 0 Å². The molecule has 0 saturated heterocycles. The summed E-state index contributed by atoms with van der Waals surface area (Å²) in [4.78, 5) is 18.1. The Kier molecular flexibility index (Phi) is 4.77. The molecular weight excluding hydrogens is 271 g/mol. The lowest BCUT2D eigenvalue weighted by molar-refractivity contribution is 0.0610. The molecule has 1 aromatic heterocycles. The number of aromatic nitrogens is 1. The lowest BCUT2D eigenvalue weighted by atomic mass is 10.1. The van der Waals surface area contributed by atoms with Crippen molar-refractivity contribution in [2.24, 2.45) is 0 Å². The van der Waals surface area contributed by atoms with E-state index >= 15 is 0 Å². The summed E-state index contributed by atoms with van der Waals surface area (Å²) in [7, 11) is 0. The molecule has 0 fully saturated rings. The number of rotatable bonds is 3. The van der Waals surface area contributed by atoms with E-state index in [2.05, 4.69) is 11.6 Å². The Morgan fingerprint density at radius 1 is 1.44 bits per heavy atom. The Labute approximate surface area is 117 Å². The minimum Gasteiger partial charge on any atom is -0.329 e. The van der Waals surface area contributed by atoms with Crippen LogP contribution >= 0.6 is 23.2 Å². The number of nitrogens with zero attached hydrogens (tertiary/aromatic N) is 2. The van der Waals surface area contributed by atoms with Gasteiger partial charge in [0, 0.05) is 12.1 Å². The van der Waals surface area contributed by atoms with Gasteiger partial charge in [-0.15, -0.1) is 6.58 Å². The van der Waals surface area contributed by atoms with E-state index in [0.29, 0.717) is 11.6 Å². The van der Waals surface area contributed by atoms with E-state index in [1.807, 2.05) is 20.8 Å². The molecule has 3 nitrogen and oxygen atoms in total. The molecule has 98 valence electrons. The molecule has 0 aliphatic carbocycles. The third kappa shape index (κ3) is 3.47. The highest BCUT2D eigenvalue weighted by Gasteiger charge is 2.28. The van der Waals surface area contributed by atoms with Gasteiger partial charge in [-0.1, -0.05) is 29.3 Å². The van der Waals surface area contributed by atoms with Crippen LogP contribution in [0.5, 0.6) is 0 Å². The monoisotopic (exact) mass is 286 g/mol. The Morgan fingerprint density at radius 3 is 2.56 bits per heavy atom. The quantitative estimate of drug-likeness (QED) is 0.625. The van der Waals surface area contributed by atoms with Crippen molar-refractivity contribution in [2.75, 3.05) is 6.54 Å². The van der Waals surface area contributed by atoms with Gasteiger partial charge in [0.15, 0.2) is 0 Å². The number of hydrogen-bond acceptors (Lipinski definition) is 2. The summed E-state index contributed by atoms with van der Waals surface area (Å²) in [6.45, 7) is 9.89. The fraction of sp³-hybridized carbons (Fsp3) is 0.385. The second-order valence-electron chi connectivity index (χ2n) is 4.84. The number of carbonyl (C=O) groups is 1. The topological polar surface area (TPSA) is 33.2 Å². The van der Waals surface area contributed by atoms with Crippen molar-refractivity contribution >= 4 is 29.1 Å². The summed E-state index contributed by atoms with van der Waals surface area (Å²) in [5.41, 5.74) is -0.181. The van der Waals surface area contributed by atoms with E-state index in [1.54, 1.807) is 23.1 Å². The summed E-state index contributed by atoms with van der Waals surface area (Å²) in [6.07, 6.45) is 1.67. The van der Waals surface area contributed by atoms with Crippen LogP contribution in [0.2, 0.25) is 10.2 Å². The van der Waals surface area contributed by atoms with Gasteiger partial charge < -0.3 is 4.90 Å². The van der Waals surface area contributed by atoms with Gasteiger partial charge in [0.2, 0.25) is 0 Å². The molecule has 0 atom stereocenters. The Hall–Kier alpha value is -1.06. The van der Waals surface area contributed by atoms with Gasteiger partial charge in [-0.05, 0) is 32.9 Å². The van der Waals surface area contributed by atoms with Crippen LogP contribution in [0.15, 0.2) is 24.8 Å². The van der Waals surface area contributed by atoms with E-state index in [4.69, 9.17) is 23.2 Å². The molecule has 1 amide bonds. The van der Waals surface area contributed by atoms with Crippen molar-refractivity contribution in [3.05, 3.63) is 40.7 Å². The minimum absolute atomic E-state index is 0.168. The van der Waals surface area contributed by atoms with Gasteiger partial charge in [0.25, 0.3) is 5.91 Å². The second kappa shape index (κ2) is 5.72. The van der Waals surface area contributed by atoms with Crippen LogP contribution in [0.4, 0.5) is 0 Å². The van der Waals surface area contributed by atoms with Gasteiger partial charge >= 0.3 is 0 Å². The first-order valence-electron chi connectivity index (χ1n) is 5.52. The first-order valence-corrected chi connectivity index (χ1v) is 6.28. The molecule has 0 aliphatic heterocycles. The molecule has 1 heterocycles. The first kappa shape index (κ1) is 15.0. The molecule has 0 spiro atoms. The highest BCUT2D eigenvalue weighted by molar-refractivity contribution is 6.34. The molecule has 0 aromatic carbocycles. The Bertz CT molecular complexity index is 467. The maximum atomic E-state index is 12.4. The molecule has 0 unspecified atom stereocenters. The van der Waals surface area contributed by atoms with Crippen LogP contribution in [-0.4, -0.2) is 27.9 Å². The lowest BCUT2D eigenvalue weighted by Crippen LogP contribution is -2.46. The minimum atomic E-state index is -0.349. The summed E-state index contributed by atoms with van der Waals surface area (Å²) in [6, 6.07) is 3.12. The molecule has 0 aliphatic rings. The van der Waals surface area contributed by atoms with Crippen LogP contribution in [0, 0.1) is 0 Å². The van der Waals surface area contributed by atoms with Crippen molar-refractivity contribution in [2.45, 2.75) is 26.3 Å². The summed E-state index contributed by atoms with van der Waals surface area (Å²) < 4.78 is 0. The summed E-state index contributed by atoms with van der Waals surface area (Å²) >= 11 is 11.8. The van der Waals surface area contributed by atoms with Crippen molar-refractivity contribution in [1.82, 2.24) is 9.88 Å². The molecule has 0 N–H and O–H groups in total. The molecule has 0 radical (unpaired) electrons. The van der Waals surface area contributed by atoms with E-state index in [9.17, 15) is 4.79 Å². The zero-order valence-corrected chi connectivity index (χ0v) is 12.2. The molecule has 5 heteroatoms. The number of pyridine rings is 1. The maximum Gasteiger partial charge on any atom is 0.274 e. The Morgan fingerprint density at radius 2 is 2.06 bits per heavy atom. The standard InChI is InChI=1S/C13H16Cl2N2O/c1-5-8-17(13(2,3)4)12(18)11-9(14)6-7-10(15)16-11/h5-7H,1,8H2,2-4H3. The zero-order valence-electron chi connectivity index (χ0n) is 10.7. The second-order valence-corrected chi connectivity index (χ2v) is 5.63. The van der Waals surface area contributed by atoms with Crippen molar-refractivity contribution in [3.8, 4) is 0 Å². The van der Waals surface area contributed by atoms with Gasteiger partial charge in [0.05, 0.1) is 5.02 Å². The third-order valence-corrected chi connectivity index (χ3v) is 2.90. The lowest BCUT2D eigenvalue weighted by Gasteiger charge is -2.34. The fourth-order valence-electron chi connectivity index (χ4n) is 1.49. The van der Waals surface area contributed by atoms with E-state index < -0.39 is 0 Å². The smallest absolute Gasteiger partial charge is 0.274 e. The molecule has 0 bridgehead atoms. The number of hydrogen-bond donors (Lipinski definition) is 0. The molecule has 1 rings (SSSR count).